The summed E-state index contributed by atoms with van der Waals surface area (Å²) in [7, 11) is 0. The molecule has 1 saturated heterocycles. The zero-order chi connectivity index (χ0) is 17.5. The third kappa shape index (κ3) is 5.32. The van der Waals surface area contributed by atoms with Crippen LogP contribution in [0.1, 0.15) is 18.4 Å². The summed E-state index contributed by atoms with van der Waals surface area (Å²) in [6.45, 7) is 1.76. The fraction of sp³-hybridized carbons (Fsp3) is 0.263. The summed E-state index contributed by atoms with van der Waals surface area (Å²) in [6.07, 6.45) is 1.48. The van der Waals surface area contributed by atoms with Crippen molar-refractivity contribution in [1.29, 1.82) is 0 Å². The number of anilines is 1. The number of halogens is 1. The van der Waals surface area contributed by atoms with Gasteiger partial charge in [0.2, 0.25) is 0 Å². The predicted molar refractivity (Wildman–Crippen MR) is 103 cm³/mol. The molecule has 2 amide bonds. The van der Waals surface area contributed by atoms with Gasteiger partial charge in [0.25, 0.3) is 0 Å². The highest BCUT2D eigenvalue weighted by molar-refractivity contribution is 9.10. The molecule has 1 aliphatic heterocycles. The number of rotatable bonds is 4. The molecule has 1 heterocycles. The summed E-state index contributed by atoms with van der Waals surface area (Å²) in [5.41, 5.74) is 2.89. The zero-order valence-electron chi connectivity index (χ0n) is 13.8. The summed E-state index contributed by atoms with van der Waals surface area (Å²) in [6, 6.07) is 17.4. The minimum absolute atomic E-state index is 0.0685. The molecule has 0 saturated carbocycles. The lowest BCUT2D eigenvalue weighted by Gasteiger charge is -2.27. The Labute approximate surface area is 155 Å². The van der Waals surface area contributed by atoms with Crippen LogP contribution >= 0.6 is 15.9 Å². The van der Waals surface area contributed by atoms with Crippen LogP contribution in [0.5, 0.6) is 0 Å². The summed E-state index contributed by atoms with van der Waals surface area (Å²) in [5.74, 6) is 0. The van der Waals surface area contributed by atoms with Crippen LogP contribution in [0.3, 0.4) is 0 Å². The lowest BCUT2D eigenvalue weighted by Crippen LogP contribution is -2.41. The van der Waals surface area contributed by atoms with Crippen molar-refractivity contribution in [3.63, 3.8) is 0 Å². The number of oxime groups is 1. The van der Waals surface area contributed by atoms with Crippen LogP contribution in [0, 0.1) is 0 Å². The van der Waals surface area contributed by atoms with Crippen LogP contribution in [0.15, 0.2) is 64.2 Å². The van der Waals surface area contributed by atoms with Crippen molar-refractivity contribution in [2.75, 3.05) is 18.4 Å². The molecule has 0 bridgehead atoms. The van der Waals surface area contributed by atoms with Crippen LogP contribution in [0.4, 0.5) is 10.5 Å². The Kier molecular flexibility index (Phi) is 6.06. The SMILES string of the molecule is O=C(Nc1ccccc1)N1CCC(=NOCc2ccc(Br)cc2)CC1. The standard InChI is InChI=1S/C19H20BrN3O2/c20-16-8-6-15(7-9-16)14-25-22-18-10-12-23(13-11-18)19(24)21-17-4-2-1-3-5-17/h1-9H,10-14H2,(H,21,24). The molecule has 1 aliphatic rings. The number of carbonyl (C=O) groups is 1. The van der Waals surface area contributed by atoms with Crippen LogP contribution in [-0.4, -0.2) is 29.7 Å². The molecule has 130 valence electrons. The Bertz CT molecular complexity index is 722. The van der Waals surface area contributed by atoms with Gasteiger partial charge in [0.05, 0.1) is 5.71 Å². The van der Waals surface area contributed by atoms with Gasteiger partial charge in [0.1, 0.15) is 6.61 Å². The first-order valence-corrected chi connectivity index (χ1v) is 9.03. The minimum atomic E-state index is -0.0685. The molecular weight excluding hydrogens is 382 g/mol. The van der Waals surface area contributed by atoms with E-state index in [0.717, 1.165) is 34.3 Å². The molecular formula is C19H20BrN3O2. The topological polar surface area (TPSA) is 53.9 Å². The Morgan fingerprint density at radius 3 is 2.44 bits per heavy atom. The summed E-state index contributed by atoms with van der Waals surface area (Å²) >= 11 is 3.41. The average Bonchev–Trinajstić information content (AvgIpc) is 2.65. The van der Waals surface area contributed by atoms with E-state index in [1.807, 2.05) is 54.6 Å². The van der Waals surface area contributed by atoms with E-state index in [9.17, 15) is 4.79 Å². The van der Waals surface area contributed by atoms with Gasteiger partial charge in [-0.25, -0.2) is 4.79 Å². The van der Waals surface area contributed by atoms with Crippen molar-refractivity contribution in [2.45, 2.75) is 19.4 Å². The van der Waals surface area contributed by atoms with E-state index >= 15 is 0 Å². The van der Waals surface area contributed by atoms with Crippen molar-refractivity contribution in [3.8, 4) is 0 Å². The van der Waals surface area contributed by atoms with Crippen molar-refractivity contribution in [2.24, 2.45) is 5.16 Å². The van der Waals surface area contributed by atoms with Gasteiger partial charge in [-0.2, -0.15) is 0 Å². The van der Waals surface area contributed by atoms with Gasteiger partial charge in [-0.05, 0) is 29.8 Å². The van der Waals surface area contributed by atoms with Gasteiger partial charge in [-0.1, -0.05) is 51.4 Å². The number of nitrogens with zero attached hydrogens (tertiary/aromatic N) is 2. The molecule has 25 heavy (non-hydrogen) atoms. The maximum atomic E-state index is 12.2. The molecule has 0 atom stereocenters. The monoisotopic (exact) mass is 401 g/mol. The van der Waals surface area contributed by atoms with Crippen molar-refractivity contribution in [3.05, 3.63) is 64.6 Å². The number of carbonyl (C=O) groups excluding carboxylic acids is 1. The second-order valence-corrected chi connectivity index (χ2v) is 6.76. The van der Waals surface area contributed by atoms with Gasteiger partial charge in [0, 0.05) is 36.1 Å². The lowest BCUT2D eigenvalue weighted by molar-refractivity contribution is 0.127. The number of benzene rings is 2. The number of urea groups is 1. The highest BCUT2D eigenvalue weighted by Gasteiger charge is 2.20. The zero-order valence-corrected chi connectivity index (χ0v) is 15.4. The molecule has 3 rings (SSSR count). The summed E-state index contributed by atoms with van der Waals surface area (Å²) < 4.78 is 1.05. The molecule has 1 N–H and O–H groups in total. The normalized spacial score (nSPS) is 14.1. The van der Waals surface area contributed by atoms with Crippen LogP contribution in [0.2, 0.25) is 0 Å². The van der Waals surface area contributed by atoms with Crippen LogP contribution in [-0.2, 0) is 11.4 Å². The second kappa shape index (κ2) is 8.67. The molecule has 0 unspecified atom stereocenters. The van der Waals surface area contributed by atoms with E-state index in [0.29, 0.717) is 19.7 Å². The van der Waals surface area contributed by atoms with E-state index in [1.54, 1.807) is 4.90 Å². The number of amides is 2. The fourth-order valence-electron chi connectivity index (χ4n) is 2.56. The third-order valence-electron chi connectivity index (χ3n) is 3.99. The number of likely N-dealkylation sites (tertiary alicyclic amines) is 1. The van der Waals surface area contributed by atoms with Gasteiger partial charge >= 0.3 is 6.03 Å². The Balaban J connectivity index is 1.43. The largest absolute Gasteiger partial charge is 0.391 e. The molecule has 1 fully saturated rings. The first-order chi connectivity index (χ1) is 12.2. The first kappa shape index (κ1) is 17.5. The molecule has 0 aromatic heterocycles. The molecule has 2 aromatic rings. The van der Waals surface area contributed by atoms with E-state index in [-0.39, 0.29) is 6.03 Å². The lowest BCUT2D eigenvalue weighted by atomic mass is 10.1. The highest BCUT2D eigenvalue weighted by atomic mass is 79.9. The van der Waals surface area contributed by atoms with Crippen LogP contribution < -0.4 is 5.32 Å². The molecule has 0 spiro atoms. The molecule has 2 aromatic carbocycles. The highest BCUT2D eigenvalue weighted by Crippen LogP contribution is 2.13. The number of hydrogen-bond acceptors (Lipinski definition) is 3. The molecule has 0 radical (unpaired) electrons. The Morgan fingerprint density at radius 2 is 1.76 bits per heavy atom. The van der Waals surface area contributed by atoms with Gasteiger partial charge in [-0.15, -0.1) is 0 Å². The molecule has 0 aliphatic carbocycles. The van der Waals surface area contributed by atoms with E-state index in [2.05, 4.69) is 26.4 Å². The first-order valence-electron chi connectivity index (χ1n) is 8.24. The predicted octanol–water partition coefficient (Wildman–Crippen LogP) is 4.65. The quantitative estimate of drug-likeness (QED) is 0.757. The number of piperidine rings is 1. The van der Waals surface area contributed by atoms with Gasteiger partial charge < -0.3 is 15.1 Å². The van der Waals surface area contributed by atoms with E-state index in [1.165, 1.54) is 0 Å². The fourth-order valence-corrected chi connectivity index (χ4v) is 2.83. The number of hydrogen-bond donors (Lipinski definition) is 1. The smallest absolute Gasteiger partial charge is 0.321 e. The van der Waals surface area contributed by atoms with Crippen LogP contribution in [0.25, 0.3) is 0 Å². The summed E-state index contributed by atoms with van der Waals surface area (Å²) in [5, 5.41) is 7.13. The van der Waals surface area contributed by atoms with E-state index in [4.69, 9.17) is 4.84 Å². The Morgan fingerprint density at radius 1 is 1.08 bits per heavy atom. The van der Waals surface area contributed by atoms with Gasteiger partial charge in [0.15, 0.2) is 0 Å². The van der Waals surface area contributed by atoms with Crippen molar-refractivity contribution in [1.82, 2.24) is 4.90 Å². The number of para-hydroxylation sites is 1. The summed E-state index contributed by atoms with van der Waals surface area (Å²) in [4.78, 5) is 19.5. The maximum absolute atomic E-state index is 12.2. The molecule has 6 heteroatoms. The Hall–Kier alpha value is -2.34. The second-order valence-electron chi connectivity index (χ2n) is 5.84. The minimum Gasteiger partial charge on any atom is -0.391 e. The molecule has 5 nitrogen and oxygen atoms in total. The third-order valence-corrected chi connectivity index (χ3v) is 4.52. The van der Waals surface area contributed by atoms with Gasteiger partial charge in [-0.3, -0.25) is 0 Å². The maximum Gasteiger partial charge on any atom is 0.321 e. The number of nitrogens with one attached hydrogen (secondary N) is 1. The van der Waals surface area contributed by atoms with Crippen molar-refractivity contribution < 1.29 is 9.63 Å². The average molecular weight is 402 g/mol. The van der Waals surface area contributed by atoms with E-state index < -0.39 is 0 Å². The van der Waals surface area contributed by atoms with Crippen molar-refractivity contribution >= 4 is 33.4 Å².